The van der Waals surface area contributed by atoms with E-state index in [2.05, 4.69) is 4.98 Å². The van der Waals surface area contributed by atoms with Gasteiger partial charge in [-0.1, -0.05) is 12.1 Å². The van der Waals surface area contributed by atoms with Gasteiger partial charge in [0.25, 0.3) is 5.91 Å². The molecule has 1 aromatic carbocycles. The third kappa shape index (κ3) is 3.22. The molecule has 6 nitrogen and oxygen atoms in total. The van der Waals surface area contributed by atoms with Crippen LogP contribution in [0.2, 0.25) is 0 Å². The van der Waals surface area contributed by atoms with E-state index in [0.29, 0.717) is 24.6 Å². The lowest BCUT2D eigenvalue weighted by molar-refractivity contribution is -0.140. The summed E-state index contributed by atoms with van der Waals surface area (Å²) in [5.41, 5.74) is 0.908. The standard InChI is InChI=1S/C18H16N2O4S2/c1-23-18(22)15-10-20(8-9-25-15)17(21)13-7-6-12(24-13)16-19-11-4-2-3-5-14(11)26-16/h2-7,15H,8-10H2,1H3/t15-/m1/s1. The fourth-order valence-corrected chi connectivity index (χ4v) is 4.86. The zero-order valence-electron chi connectivity index (χ0n) is 14.0. The van der Waals surface area contributed by atoms with Crippen molar-refractivity contribution in [3.8, 4) is 10.8 Å². The van der Waals surface area contributed by atoms with Gasteiger partial charge in [0, 0.05) is 18.8 Å². The lowest BCUT2D eigenvalue weighted by Crippen LogP contribution is -2.44. The Kier molecular flexibility index (Phi) is 4.69. The number of nitrogens with zero attached hydrogens (tertiary/aromatic N) is 2. The molecule has 8 heteroatoms. The molecule has 1 amide bonds. The van der Waals surface area contributed by atoms with E-state index in [1.165, 1.54) is 30.2 Å². The first-order valence-corrected chi connectivity index (χ1v) is 9.96. The van der Waals surface area contributed by atoms with Gasteiger partial charge in [-0.3, -0.25) is 9.59 Å². The summed E-state index contributed by atoms with van der Waals surface area (Å²) >= 11 is 3.03. The summed E-state index contributed by atoms with van der Waals surface area (Å²) in [6.07, 6.45) is 0. The molecule has 0 radical (unpaired) electrons. The third-order valence-corrected chi connectivity index (χ3v) is 6.35. The summed E-state index contributed by atoms with van der Waals surface area (Å²) in [4.78, 5) is 30.6. The minimum atomic E-state index is -0.351. The fraction of sp³-hybridized carbons (Fsp3) is 0.278. The molecule has 0 saturated carbocycles. The van der Waals surface area contributed by atoms with Gasteiger partial charge < -0.3 is 14.1 Å². The molecule has 134 valence electrons. The number of furan rings is 1. The summed E-state index contributed by atoms with van der Waals surface area (Å²) in [6.45, 7) is 0.904. The normalized spacial score (nSPS) is 17.4. The average Bonchev–Trinajstić information content (AvgIpc) is 3.33. The van der Waals surface area contributed by atoms with Crippen molar-refractivity contribution in [2.45, 2.75) is 5.25 Å². The Hall–Kier alpha value is -2.32. The van der Waals surface area contributed by atoms with Gasteiger partial charge in [-0.25, -0.2) is 4.98 Å². The number of hydrogen-bond acceptors (Lipinski definition) is 7. The van der Waals surface area contributed by atoms with Crippen molar-refractivity contribution in [3.63, 3.8) is 0 Å². The van der Waals surface area contributed by atoms with Gasteiger partial charge in [-0.15, -0.1) is 23.1 Å². The second-order valence-corrected chi connectivity index (χ2v) is 8.13. The van der Waals surface area contributed by atoms with E-state index in [1.54, 1.807) is 17.0 Å². The second-order valence-electron chi connectivity index (χ2n) is 5.78. The van der Waals surface area contributed by atoms with Crippen LogP contribution in [0.1, 0.15) is 10.6 Å². The third-order valence-electron chi connectivity index (χ3n) is 4.14. The molecular weight excluding hydrogens is 372 g/mol. The van der Waals surface area contributed by atoms with Crippen molar-refractivity contribution >= 4 is 45.2 Å². The number of hydrogen-bond donors (Lipinski definition) is 0. The summed E-state index contributed by atoms with van der Waals surface area (Å²) in [5.74, 6) is 1.01. The monoisotopic (exact) mass is 388 g/mol. The molecule has 1 aliphatic heterocycles. The largest absolute Gasteiger partial charge is 0.468 e. The van der Waals surface area contributed by atoms with E-state index in [0.717, 1.165) is 15.2 Å². The van der Waals surface area contributed by atoms with Crippen LogP contribution in [-0.4, -0.2) is 53.0 Å². The molecule has 1 aliphatic rings. The van der Waals surface area contributed by atoms with Crippen molar-refractivity contribution in [1.82, 2.24) is 9.88 Å². The number of aromatic nitrogens is 1. The Morgan fingerprint density at radius 3 is 2.92 bits per heavy atom. The first-order chi connectivity index (χ1) is 12.7. The van der Waals surface area contributed by atoms with E-state index in [9.17, 15) is 9.59 Å². The Balaban J connectivity index is 1.53. The number of carbonyl (C=O) groups is 2. The highest BCUT2D eigenvalue weighted by Crippen LogP contribution is 2.31. The number of thioether (sulfide) groups is 1. The topological polar surface area (TPSA) is 72.6 Å². The van der Waals surface area contributed by atoms with E-state index < -0.39 is 0 Å². The van der Waals surface area contributed by atoms with Crippen LogP contribution in [0.5, 0.6) is 0 Å². The van der Waals surface area contributed by atoms with Crippen molar-refractivity contribution in [3.05, 3.63) is 42.2 Å². The van der Waals surface area contributed by atoms with Crippen molar-refractivity contribution in [2.75, 3.05) is 26.0 Å². The van der Waals surface area contributed by atoms with Gasteiger partial charge >= 0.3 is 5.97 Å². The minimum Gasteiger partial charge on any atom is -0.468 e. The van der Waals surface area contributed by atoms with Gasteiger partial charge in [-0.05, 0) is 24.3 Å². The zero-order chi connectivity index (χ0) is 18.1. The van der Waals surface area contributed by atoms with E-state index >= 15 is 0 Å². The van der Waals surface area contributed by atoms with E-state index in [4.69, 9.17) is 9.15 Å². The minimum absolute atomic E-state index is 0.216. The van der Waals surface area contributed by atoms with Crippen molar-refractivity contribution in [2.24, 2.45) is 0 Å². The molecular formula is C18H16N2O4S2. The molecule has 4 rings (SSSR count). The Morgan fingerprint density at radius 2 is 2.12 bits per heavy atom. The number of esters is 1. The molecule has 1 fully saturated rings. The summed E-state index contributed by atoms with van der Waals surface area (Å²) in [7, 11) is 1.36. The smallest absolute Gasteiger partial charge is 0.320 e. The van der Waals surface area contributed by atoms with Crippen molar-refractivity contribution < 1.29 is 18.7 Å². The quantitative estimate of drug-likeness (QED) is 0.641. The van der Waals surface area contributed by atoms with Crippen LogP contribution in [0.25, 0.3) is 21.0 Å². The molecule has 0 bridgehead atoms. The maximum atomic E-state index is 12.7. The number of carbonyl (C=O) groups excluding carboxylic acids is 2. The highest BCUT2D eigenvalue weighted by molar-refractivity contribution is 8.00. The molecule has 1 saturated heterocycles. The maximum Gasteiger partial charge on any atom is 0.320 e. The Labute approximate surface area is 158 Å². The van der Waals surface area contributed by atoms with Crippen LogP contribution in [0.4, 0.5) is 0 Å². The number of rotatable bonds is 3. The molecule has 0 unspecified atom stereocenters. The molecule has 1 atom stereocenters. The number of fused-ring (bicyclic) bond motifs is 1. The number of benzene rings is 1. The van der Waals surface area contributed by atoms with Crippen LogP contribution in [0.3, 0.4) is 0 Å². The summed E-state index contributed by atoms with van der Waals surface area (Å²) in [5, 5.41) is 0.392. The SMILES string of the molecule is COC(=O)[C@H]1CN(C(=O)c2ccc(-c3nc4ccccc4s3)o2)CCS1. The molecule has 26 heavy (non-hydrogen) atoms. The lowest BCUT2D eigenvalue weighted by Gasteiger charge is -2.30. The van der Waals surface area contributed by atoms with Gasteiger partial charge in [-0.2, -0.15) is 0 Å². The highest BCUT2D eigenvalue weighted by Gasteiger charge is 2.31. The zero-order valence-corrected chi connectivity index (χ0v) is 15.6. The van der Waals surface area contributed by atoms with E-state index in [1.807, 2.05) is 24.3 Å². The first-order valence-electron chi connectivity index (χ1n) is 8.10. The lowest BCUT2D eigenvalue weighted by atomic mass is 10.3. The van der Waals surface area contributed by atoms with Crippen molar-refractivity contribution in [1.29, 1.82) is 0 Å². The van der Waals surface area contributed by atoms with Gasteiger partial charge in [0.15, 0.2) is 16.5 Å². The number of methoxy groups -OCH3 is 1. The number of amides is 1. The maximum absolute atomic E-state index is 12.7. The second kappa shape index (κ2) is 7.13. The average molecular weight is 388 g/mol. The Bertz CT molecular complexity index is 932. The van der Waals surface area contributed by atoms with E-state index in [-0.39, 0.29) is 22.9 Å². The predicted octanol–water partition coefficient (Wildman–Crippen LogP) is 3.29. The first kappa shape index (κ1) is 17.1. The molecule has 0 spiro atoms. The predicted molar refractivity (Wildman–Crippen MR) is 101 cm³/mol. The van der Waals surface area contributed by atoms with Crippen LogP contribution in [0, 0.1) is 0 Å². The molecule has 3 heterocycles. The molecule has 2 aromatic heterocycles. The number of para-hydroxylation sites is 1. The molecule has 3 aromatic rings. The van der Waals surface area contributed by atoms with Crippen LogP contribution < -0.4 is 0 Å². The van der Waals surface area contributed by atoms with Gasteiger partial charge in [0.2, 0.25) is 0 Å². The van der Waals surface area contributed by atoms with Crippen LogP contribution in [0.15, 0.2) is 40.8 Å². The highest BCUT2D eigenvalue weighted by atomic mass is 32.2. The van der Waals surface area contributed by atoms with Gasteiger partial charge in [0.05, 0.1) is 17.3 Å². The van der Waals surface area contributed by atoms with Gasteiger partial charge in [0.1, 0.15) is 5.25 Å². The summed E-state index contributed by atoms with van der Waals surface area (Å²) < 4.78 is 11.6. The number of thiazole rings is 1. The Morgan fingerprint density at radius 1 is 1.27 bits per heavy atom. The van der Waals surface area contributed by atoms with Crippen LogP contribution >= 0.6 is 23.1 Å². The fourth-order valence-electron chi connectivity index (χ4n) is 2.81. The summed E-state index contributed by atoms with van der Waals surface area (Å²) in [6, 6.07) is 11.3. The number of ether oxygens (including phenoxy) is 1. The molecule has 0 N–H and O–H groups in total. The molecule has 0 aliphatic carbocycles. The van der Waals surface area contributed by atoms with Crippen LogP contribution in [-0.2, 0) is 9.53 Å².